The number of amides is 2. The molecule has 4 aromatic heterocycles. The van der Waals surface area contributed by atoms with Crippen molar-refractivity contribution < 1.29 is 9.59 Å². The molecule has 4 heterocycles. The number of aromatic amines is 2. The number of nitrogens with two attached hydrogens (primary N) is 1. The highest BCUT2D eigenvalue weighted by Gasteiger charge is 2.24. The van der Waals surface area contributed by atoms with Gasteiger partial charge < -0.3 is 21.0 Å². The number of anilines is 1. The molecule has 0 saturated carbocycles. The molecule has 0 saturated heterocycles. The van der Waals surface area contributed by atoms with Gasteiger partial charge in [-0.05, 0) is 30.7 Å². The van der Waals surface area contributed by atoms with E-state index in [1.54, 1.807) is 28.8 Å². The minimum Gasteiger partial charge on any atom is -0.365 e. The Bertz CT molecular complexity index is 1540. The van der Waals surface area contributed by atoms with E-state index in [2.05, 4.69) is 25.3 Å². The molecule has 1 aromatic carbocycles. The number of imidazole rings is 1. The first-order valence-electron chi connectivity index (χ1n) is 9.02. The molecule has 0 atom stereocenters. The van der Waals surface area contributed by atoms with Crippen molar-refractivity contribution in [2.45, 2.75) is 6.92 Å². The van der Waals surface area contributed by atoms with Crippen molar-refractivity contribution in [3.63, 3.8) is 0 Å². The van der Waals surface area contributed by atoms with Gasteiger partial charge in [0.25, 0.3) is 11.8 Å². The summed E-state index contributed by atoms with van der Waals surface area (Å²) in [6.45, 7) is 1.85. The lowest BCUT2D eigenvalue weighted by molar-refractivity contribution is 0.0997. The number of aryl methyl sites for hydroxylation is 1. The van der Waals surface area contributed by atoms with E-state index in [4.69, 9.17) is 5.73 Å². The molecule has 148 valence electrons. The van der Waals surface area contributed by atoms with E-state index in [0.717, 1.165) is 5.56 Å². The Morgan fingerprint density at radius 2 is 2.07 bits per heavy atom. The molecule has 0 aliphatic carbocycles. The number of nitrogens with one attached hydrogen (secondary N) is 3. The van der Waals surface area contributed by atoms with Crippen LogP contribution in [0.15, 0.2) is 47.7 Å². The van der Waals surface area contributed by atoms with Crippen LogP contribution in [0.5, 0.6) is 0 Å². The molecular formula is C20H15N7O3. The van der Waals surface area contributed by atoms with Crippen LogP contribution in [0, 0.1) is 6.92 Å². The molecule has 10 heteroatoms. The Labute approximate surface area is 167 Å². The highest BCUT2D eigenvalue weighted by molar-refractivity contribution is 6.13. The van der Waals surface area contributed by atoms with Crippen LogP contribution in [-0.4, -0.2) is 36.2 Å². The molecule has 2 amide bonds. The maximum Gasteiger partial charge on any atom is 0.273 e. The minimum atomic E-state index is -0.732. The number of hydrogen-bond acceptors (Lipinski definition) is 5. The fourth-order valence-corrected chi connectivity index (χ4v) is 3.60. The fourth-order valence-electron chi connectivity index (χ4n) is 3.60. The Kier molecular flexibility index (Phi) is 3.68. The quantitative estimate of drug-likeness (QED) is 0.363. The van der Waals surface area contributed by atoms with Gasteiger partial charge in [0, 0.05) is 12.4 Å². The lowest BCUT2D eigenvalue weighted by atomic mass is 10.2. The number of pyridine rings is 1. The van der Waals surface area contributed by atoms with E-state index in [1.807, 2.05) is 6.92 Å². The second-order valence-corrected chi connectivity index (χ2v) is 6.83. The number of carbonyl (C=O) groups is 2. The molecule has 5 rings (SSSR count). The van der Waals surface area contributed by atoms with Crippen molar-refractivity contribution >= 4 is 45.3 Å². The van der Waals surface area contributed by atoms with Crippen molar-refractivity contribution in [1.82, 2.24) is 24.3 Å². The van der Waals surface area contributed by atoms with E-state index >= 15 is 0 Å². The van der Waals surface area contributed by atoms with Gasteiger partial charge in [-0.3, -0.25) is 23.8 Å². The highest BCUT2D eigenvalue weighted by Crippen LogP contribution is 2.28. The lowest BCUT2D eigenvalue weighted by Crippen LogP contribution is -2.15. The maximum atomic E-state index is 12.6. The Hall–Kier alpha value is -4.47. The molecule has 0 aliphatic heterocycles. The first-order valence-corrected chi connectivity index (χ1v) is 9.02. The third-order valence-corrected chi connectivity index (χ3v) is 4.93. The Balaban J connectivity index is 1.76. The summed E-state index contributed by atoms with van der Waals surface area (Å²) in [5.74, 6) is -1.16. The van der Waals surface area contributed by atoms with Gasteiger partial charge in [0.1, 0.15) is 22.4 Å². The first-order chi connectivity index (χ1) is 14.5. The molecule has 0 unspecified atom stereocenters. The first kappa shape index (κ1) is 17.6. The minimum absolute atomic E-state index is 0.0901. The van der Waals surface area contributed by atoms with Crippen LogP contribution < -0.4 is 16.5 Å². The molecule has 0 bridgehead atoms. The van der Waals surface area contributed by atoms with Crippen molar-refractivity contribution in [2.75, 3.05) is 5.32 Å². The SMILES string of the molecule is Cc1ccc(=O)c2nc3c(C(N)=O)c4[nH]c(C(=O)Nc5cccnc5)c[nH]c4n3c12. The van der Waals surface area contributed by atoms with Gasteiger partial charge >= 0.3 is 0 Å². The number of hydrogen-bond donors (Lipinski definition) is 4. The highest BCUT2D eigenvalue weighted by atomic mass is 16.2. The smallest absolute Gasteiger partial charge is 0.273 e. The predicted octanol–water partition coefficient (Wildman–Crippen LogP) is 1.71. The summed E-state index contributed by atoms with van der Waals surface area (Å²) in [7, 11) is 0. The largest absolute Gasteiger partial charge is 0.365 e. The van der Waals surface area contributed by atoms with Gasteiger partial charge in [0.05, 0.1) is 22.9 Å². The molecule has 5 N–H and O–H groups in total. The molecule has 5 aromatic rings. The number of benzene rings is 1. The molecule has 0 spiro atoms. The molecule has 0 fully saturated rings. The summed E-state index contributed by atoms with van der Waals surface area (Å²) in [5.41, 5.74) is 8.83. The van der Waals surface area contributed by atoms with E-state index in [1.165, 1.54) is 18.5 Å². The number of H-pyrrole nitrogens is 2. The zero-order valence-electron chi connectivity index (χ0n) is 15.7. The summed E-state index contributed by atoms with van der Waals surface area (Å²) in [4.78, 5) is 51.5. The maximum absolute atomic E-state index is 12.6. The number of fused-ring (bicyclic) bond motifs is 5. The van der Waals surface area contributed by atoms with Crippen molar-refractivity contribution in [3.05, 3.63) is 69.9 Å². The van der Waals surface area contributed by atoms with Crippen LogP contribution in [0.25, 0.3) is 27.8 Å². The third-order valence-electron chi connectivity index (χ3n) is 4.93. The van der Waals surface area contributed by atoms with Crippen molar-refractivity contribution in [1.29, 1.82) is 0 Å². The van der Waals surface area contributed by atoms with Crippen LogP contribution in [0.1, 0.15) is 26.4 Å². The lowest BCUT2D eigenvalue weighted by Gasteiger charge is -2.06. The molecular weight excluding hydrogens is 386 g/mol. The average Bonchev–Trinajstić information content (AvgIpc) is 3.26. The summed E-state index contributed by atoms with van der Waals surface area (Å²) >= 11 is 0. The van der Waals surface area contributed by atoms with Crippen LogP contribution in [0.2, 0.25) is 0 Å². The number of nitrogens with zero attached hydrogens (tertiary/aromatic N) is 3. The molecule has 0 radical (unpaired) electrons. The normalized spacial score (nSPS) is 11.4. The fraction of sp³-hybridized carbons (Fsp3) is 0.0500. The Morgan fingerprint density at radius 1 is 1.23 bits per heavy atom. The second kappa shape index (κ2) is 6.27. The van der Waals surface area contributed by atoms with Crippen LogP contribution >= 0.6 is 0 Å². The second-order valence-electron chi connectivity index (χ2n) is 6.83. The van der Waals surface area contributed by atoms with E-state index < -0.39 is 11.8 Å². The summed E-state index contributed by atoms with van der Waals surface area (Å²) in [6, 6.07) is 6.53. The third kappa shape index (κ3) is 2.47. The van der Waals surface area contributed by atoms with Crippen LogP contribution in [0.3, 0.4) is 0 Å². The summed E-state index contributed by atoms with van der Waals surface area (Å²) in [6.07, 6.45) is 4.58. The average molecular weight is 401 g/mol. The van der Waals surface area contributed by atoms with Crippen molar-refractivity contribution in [2.24, 2.45) is 5.73 Å². The molecule has 30 heavy (non-hydrogen) atoms. The predicted molar refractivity (Wildman–Crippen MR) is 111 cm³/mol. The van der Waals surface area contributed by atoms with Gasteiger partial charge in [0.15, 0.2) is 5.65 Å². The topological polar surface area (TPSA) is 151 Å². The molecule has 10 nitrogen and oxygen atoms in total. The number of rotatable bonds is 3. The van der Waals surface area contributed by atoms with E-state index in [9.17, 15) is 14.4 Å². The van der Waals surface area contributed by atoms with Gasteiger partial charge in [-0.1, -0.05) is 6.07 Å². The summed E-state index contributed by atoms with van der Waals surface area (Å²) < 4.78 is 1.67. The zero-order chi connectivity index (χ0) is 21.0. The number of carbonyl (C=O) groups excluding carboxylic acids is 2. The Morgan fingerprint density at radius 3 is 2.80 bits per heavy atom. The van der Waals surface area contributed by atoms with E-state index in [-0.39, 0.29) is 27.9 Å². The standard InChI is InChI=1S/C20H15N7O3/c1-9-4-5-12(28)14-16(9)27-18(26-14)13(17(21)29)15-19(27)23-8-11(25-15)20(30)24-10-3-2-6-22-7-10/h2-8,23,25H,1H3,(H2,21,29)(H,24,30). The number of primary amides is 1. The van der Waals surface area contributed by atoms with Crippen LogP contribution in [-0.2, 0) is 0 Å². The van der Waals surface area contributed by atoms with Crippen molar-refractivity contribution in [3.8, 4) is 0 Å². The monoisotopic (exact) mass is 401 g/mol. The van der Waals surface area contributed by atoms with E-state index in [0.29, 0.717) is 22.4 Å². The van der Waals surface area contributed by atoms with Crippen LogP contribution in [0.4, 0.5) is 5.69 Å². The van der Waals surface area contributed by atoms with Gasteiger partial charge in [-0.25, -0.2) is 4.98 Å². The molecule has 0 aliphatic rings. The van der Waals surface area contributed by atoms with Gasteiger partial charge in [-0.2, -0.15) is 0 Å². The number of aromatic nitrogens is 5. The van der Waals surface area contributed by atoms with Gasteiger partial charge in [-0.15, -0.1) is 0 Å². The zero-order valence-corrected chi connectivity index (χ0v) is 15.7. The summed E-state index contributed by atoms with van der Waals surface area (Å²) in [5, 5.41) is 2.71. The van der Waals surface area contributed by atoms with Gasteiger partial charge in [0.2, 0.25) is 5.43 Å².